The summed E-state index contributed by atoms with van der Waals surface area (Å²) in [4.78, 5) is 28.3. The molecule has 0 aliphatic carbocycles. The molecule has 0 aromatic heterocycles. The van der Waals surface area contributed by atoms with Gasteiger partial charge in [0.25, 0.3) is 0 Å². The third-order valence-electron chi connectivity index (χ3n) is 4.20. The van der Waals surface area contributed by atoms with Crippen molar-refractivity contribution in [2.24, 2.45) is 0 Å². The Kier molecular flexibility index (Phi) is 7.36. The summed E-state index contributed by atoms with van der Waals surface area (Å²) < 4.78 is 0.822. The quantitative estimate of drug-likeness (QED) is 0.750. The fourth-order valence-corrected chi connectivity index (χ4v) is 2.94. The molecule has 2 aromatic rings. The van der Waals surface area contributed by atoms with Gasteiger partial charge >= 0.3 is 0 Å². The summed E-state index contributed by atoms with van der Waals surface area (Å²) in [6.07, 6.45) is 0. The number of para-hydroxylation sites is 1. The highest BCUT2D eigenvalue weighted by atomic mass is 79.9. The number of carbonyl (C=O) groups is 2. The van der Waals surface area contributed by atoms with Gasteiger partial charge in [-0.3, -0.25) is 14.5 Å². The van der Waals surface area contributed by atoms with E-state index in [1.165, 1.54) is 0 Å². The molecule has 0 aliphatic rings. The minimum Gasteiger partial charge on any atom is -0.340 e. The highest BCUT2D eigenvalue weighted by Crippen LogP contribution is 2.21. The Balaban J connectivity index is 1.89. The maximum atomic E-state index is 12.6. The van der Waals surface area contributed by atoms with Crippen molar-refractivity contribution >= 4 is 33.4 Å². The highest BCUT2D eigenvalue weighted by molar-refractivity contribution is 9.10. The van der Waals surface area contributed by atoms with Gasteiger partial charge in [0.2, 0.25) is 11.8 Å². The molecule has 0 saturated heterocycles. The summed E-state index contributed by atoms with van der Waals surface area (Å²) in [6.45, 7) is 2.49. The topological polar surface area (TPSA) is 52.7 Å². The molecule has 0 spiro atoms. The zero-order valence-electron chi connectivity index (χ0n) is 15.3. The van der Waals surface area contributed by atoms with Crippen LogP contribution in [0.15, 0.2) is 59.1 Å². The summed E-state index contributed by atoms with van der Waals surface area (Å²) in [6, 6.07) is 16.9. The van der Waals surface area contributed by atoms with Crippen LogP contribution in [0.3, 0.4) is 0 Å². The molecule has 138 valence electrons. The molecule has 2 amide bonds. The molecule has 2 rings (SSSR count). The third-order valence-corrected chi connectivity index (χ3v) is 4.89. The number of nitrogens with one attached hydrogen (secondary N) is 1. The predicted octanol–water partition coefficient (Wildman–Crippen LogP) is 3.37. The van der Waals surface area contributed by atoms with Gasteiger partial charge < -0.3 is 10.2 Å². The third kappa shape index (κ3) is 5.68. The monoisotopic (exact) mass is 417 g/mol. The molecule has 0 radical (unpaired) electrons. The van der Waals surface area contributed by atoms with E-state index >= 15 is 0 Å². The van der Waals surface area contributed by atoms with Crippen LogP contribution in [0.1, 0.15) is 12.5 Å². The predicted molar refractivity (Wildman–Crippen MR) is 108 cm³/mol. The second kappa shape index (κ2) is 9.50. The van der Waals surface area contributed by atoms with Crippen LogP contribution >= 0.6 is 15.9 Å². The summed E-state index contributed by atoms with van der Waals surface area (Å²) in [5.41, 5.74) is 1.79. The molecule has 0 unspecified atom stereocenters. The Morgan fingerprint density at radius 3 is 2.31 bits per heavy atom. The van der Waals surface area contributed by atoms with Crippen LogP contribution in [-0.4, -0.2) is 48.3 Å². The Morgan fingerprint density at radius 2 is 1.65 bits per heavy atom. The summed E-state index contributed by atoms with van der Waals surface area (Å²) in [5.74, 6) is -0.185. The van der Waals surface area contributed by atoms with Gasteiger partial charge in [0, 0.05) is 18.1 Å². The molecule has 1 N–H and O–H groups in total. The van der Waals surface area contributed by atoms with Gasteiger partial charge in [-0.25, -0.2) is 0 Å². The van der Waals surface area contributed by atoms with Gasteiger partial charge in [-0.1, -0.05) is 42.5 Å². The fourth-order valence-electron chi connectivity index (χ4n) is 2.56. The van der Waals surface area contributed by atoms with E-state index < -0.39 is 6.04 Å². The molecule has 0 heterocycles. The number of hydrogen-bond donors (Lipinski definition) is 1. The van der Waals surface area contributed by atoms with Gasteiger partial charge in [-0.15, -0.1) is 0 Å². The van der Waals surface area contributed by atoms with Gasteiger partial charge in [0.15, 0.2) is 0 Å². The van der Waals surface area contributed by atoms with E-state index in [0.29, 0.717) is 12.2 Å². The second-order valence-electron chi connectivity index (χ2n) is 6.30. The first kappa shape index (κ1) is 20.1. The van der Waals surface area contributed by atoms with Crippen LogP contribution in [0.25, 0.3) is 0 Å². The number of halogens is 1. The van der Waals surface area contributed by atoms with E-state index in [0.717, 1.165) is 10.0 Å². The molecule has 2 aromatic carbocycles. The average molecular weight is 418 g/mol. The molecule has 26 heavy (non-hydrogen) atoms. The lowest BCUT2D eigenvalue weighted by molar-refractivity contribution is -0.135. The number of likely N-dealkylation sites (N-methyl/N-ethyl adjacent to an activating group) is 2. The smallest absolute Gasteiger partial charge is 0.239 e. The van der Waals surface area contributed by atoms with E-state index in [2.05, 4.69) is 21.2 Å². The first-order valence-electron chi connectivity index (χ1n) is 8.42. The second-order valence-corrected chi connectivity index (χ2v) is 7.15. The number of benzene rings is 2. The first-order chi connectivity index (χ1) is 12.4. The molecule has 0 saturated carbocycles. The van der Waals surface area contributed by atoms with Gasteiger partial charge in [-0.2, -0.15) is 0 Å². The number of nitrogens with zero attached hydrogens (tertiary/aromatic N) is 2. The molecular weight excluding hydrogens is 394 g/mol. The number of amides is 2. The lowest BCUT2D eigenvalue weighted by Gasteiger charge is -2.28. The zero-order chi connectivity index (χ0) is 19.1. The number of hydrogen-bond acceptors (Lipinski definition) is 3. The Labute approximate surface area is 163 Å². The van der Waals surface area contributed by atoms with Crippen molar-refractivity contribution in [2.45, 2.75) is 19.5 Å². The minimum atomic E-state index is -0.395. The van der Waals surface area contributed by atoms with Crippen molar-refractivity contribution in [1.29, 1.82) is 0 Å². The fraction of sp³-hybridized carbons (Fsp3) is 0.300. The maximum absolute atomic E-state index is 12.6. The van der Waals surface area contributed by atoms with E-state index in [4.69, 9.17) is 0 Å². The Hall–Kier alpha value is -2.18. The molecule has 0 fully saturated rings. The first-order valence-corrected chi connectivity index (χ1v) is 9.21. The lowest BCUT2D eigenvalue weighted by Crippen LogP contribution is -2.46. The zero-order valence-corrected chi connectivity index (χ0v) is 16.9. The highest BCUT2D eigenvalue weighted by Gasteiger charge is 2.23. The molecule has 0 aliphatic heterocycles. The normalized spacial score (nSPS) is 11.9. The molecule has 6 heteroatoms. The molecule has 1 atom stereocenters. The lowest BCUT2D eigenvalue weighted by atomic mass is 10.2. The summed E-state index contributed by atoms with van der Waals surface area (Å²) in [5, 5.41) is 2.85. The van der Waals surface area contributed by atoms with Crippen LogP contribution < -0.4 is 5.32 Å². The van der Waals surface area contributed by atoms with E-state index in [1.54, 1.807) is 23.9 Å². The van der Waals surface area contributed by atoms with Crippen molar-refractivity contribution in [2.75, 3.05) is 26.0 Å². The van der Waals surface area contributed by atoms with Gasteiger partial charge in [-0.05, 0) is 47.6 Å². The largest absolute Gasteiger partial charge is 0.340 e. The molecule has 0 bridgehead atoms. The van der Waals surface area contributed by atoms with Crippen molar-refractivity contribution in [1.82, 2.24) is 9.80 Å². The number of carbonyl (C=O) groups excluding carboxylic acids is 2. The molecular formula is C20H24BrN3O2. The van der Waals surface area contributed by atoms with Crippen LogP contribution in [0, 0.1) is 0 Å². The maximum Gasteiger partial charge on any atom is 0.239 e. The molecule has 5 nitrogen and oxygen atoms in total. The SMILES string of the molecule is C[C@H](C(=O)N(C)Cc1ccccc1)N(C)CC(=O)Nc1ccccc1Br. The van der Waals surface area contributed by atoms with Crippen LogP contribution in [0.2, 0.25) is 0 Å². The Morgan fingerprint density at radius 1 is 1.04 bits per heavy atom. The number of rotatable bonds is 7. The van der Waals surface area contributed by atoms with Crippen LogP contribution in [0.5, 0.6) is 0 Å². The van der Waals surface area contributed by atoms with Gasteiger partial charge in [0.05, 0.1) is 18.3 Å². The average Bonchev–Trinajstić information content (AvgIpc) is 2.63. The van der Waals surface area contributed by atoms with Crippen molar-refractivity contribution < 1.29 is 9.59 Å². The minimum absolute atomic E-state index is 0.0231. The van der Waals surface area contributed by atoms with E-state index in [-0.39, 0.29) is 18.4 Å². The van der Waals surface area contributed by atoms with E-state index in [9.17, 15) is 9.59 Å². The van der Waals surface area contributed by atoms with Gasteiger partial charge in [0.1, 0.15) is 0 Å². The van der Waals surface area contributed by atoms with Crippen LogP contribution in [0.4, 0.5) is 5.69 Å². The van der Waals surface area contributed by atoms with Crippen molar-refractivity contribution in [3.05, 3.63) is 64.6 Å². The van der Waals surface area contributed by atoms with Crippen molar-refractivity contribution in [3.63, 3.8) is 0 Å². The van der Waals surface area contributed by atoms with Crippen LogP contribution in [-0.2, 0) is 16.1 Å². The number of anilines is 1. The summed E-state index contributed by atoms with van der Waals surface area (Å²) >= 11 is 3.40. The Bertz CT molecular complexity index is 752. The van der Waals surface area contributed by atoms with Crippen molar-refractivity contribution in [3.8, 4) is 0 Å². The summed E-state index contributed by atoms with van der Waals surface area (Å²) in [7, 11) is 3.55. The standard InChI is InChI=1S/C20H24BrN3O2/c1-15(20(26)24(3)13-16-9-5-4-6-10-16)23(2)14-19(25)22-18-12-8-7-11-17(18)21/h4-12,15H,13-14H2,1-3H3,(H,22,25)/t15-/m1/s1. The van der Waals surface area contributed by atoms with E-state index in [1.807, 2.05) is 61.5 Å².